The number of carbonyl (C=O) groups excluding carboxylic acids is 3. The van der Waals surface area contributed by atoms with Gasteiger partial charge in [-0.2, -0.15) is 0 Å². The lowest BCUT2D eigenvalue weighted by molar-refractivity contribution is -0.123. The first-order valence-electron chi connectivity index (χ1n) is 18.3. The minimum atomic E-state index is -0.699. The molecule has 2 heterocycles. The van der Waals surface area contributed by atoms with E-state index in [1.165, 1.54) is 11.0 Å². The fourth-order valence-electron chi connectivity index (χ4n) is 5.48. The van der Waals surface area contributed by atoms with Crippen molar-refractivity contribution in [3.63, 3.8) is 0 Å². The van der Waals surface area contributed by atoms with Crippen molar-refractivity contribution in [2.45, 2.75) is 78.7 Å². The third-order valence-electron chi connectivity index (χ3n) is 8.93. The Bertz CT molecular complexity index is 2240. The molecule has 300 valence electrons. The van der Waals surface area contributed by atoms with Crippen molar-refractivity contribution in [1.82, 2.24) is 25.3 Å². The highest BCUT2D eigenvalue weighted by atomic mass is 16.6. The highest BCUT2D eigenvalue weighted by molar-refractivity contribution is 5.92. The summed E-state index contributed by atoms with van der Waals surface area (Å²) in [5, 5.41) is 23.0. The molecule has 5 rings (SSSR count). The summed E-state index contributed by atoms with van der Waals surface area (Å²) >= 11 is 0. The Morgan fingerprint density at radius 2 is 1.58 bits per heavy atom. The van der Waals surface area contributed by atoms with E-state index in [1.807, 2.05) is 27.7 Å². The number of hydrogen-bond acceptors (Lipinski definition) is 13. The monoisotopic (exact) mass is 781 g/mol. The molecule has 3 amide bonds. The third kappa shape index (κ3) is 12.4. The number of hydrogen-bond donors (Lipinski definition) is 2. The van der Waals surface area contributed by atoms with Crippen LogP contribution in [0.1, 0.15) is 64.4 Å². The van der Waals surface area contributed by atoms with Crippen molar-refractivity contribution in [2.75, 3.05) is 30.9 Å². The zero-order chi connectivity index (χ0) is 41.2. The van der Waals surface area contributed by atoms with Gasteiger partial charge < -0.3 is 33.6 Å². The van der Waals surface area contributed by atoms with Gasteiger partial charge in [-0.05, 0) is 95.5 Å². The van der Waals surface area contributed by atoms with Crippen molar-refractivity contribution in [1.29, 1.82) is 0 Å². The third-order valence-corrected chi connectivity index (χ3v) is 8.93. The number of aromatic nitrogens is 4. The number of amides is 3. The van der Waals surface area contributed by atoms with Crippen LogP contribution in [-0.4, -0.2) is 74.9 Å². The molecule has 0 bridgehead atoms. The van der Waals surface area contributed by atoms with Crippen LogP contribution in [-0.2, 0) is 32.2 Å². The first-order chi connectivity index (χ1) is 27.1. The number of ether oxygens (including phenoxy) is 4. The second-order valence-corrected chi connectivity index (χ2v) is 14.5. The lowest BCUT2D eigenvalue weighted by Gasteiger charge is -2.28. The smallest absolute Gasteiger partial charge is 0.415 e. The Kier molecular flexibility index (Phi) is 13.7. The molecule has 0 fully saturated rings. The summed E-state index contributed by atoms with van der Waals surface area (Å²) < 4.78 is 27.5. The first kappa shape index (κ1) is 41.9. The Hall–Kier alpha value is -6.26. The van der Waals surface area contributed by atoms with Gasteiger partial charge in [-0.15, -0.1) is 20.4 Å². The highest BCUT2D eigenvalue weighted by Gasteiger charge is 2.25. The van der Waals surface area contributed by atoms with Gasteiger partial charge in [0.2, 0.25) is 11.7 Å². The van der Waals surface area contributed by atoms with Crippen LogP contribution in [0.5, 0.6) is 5.75 Å². The molecule has 16 nitrogen and oxygen atoms in total. The van der Waals surface area contributed by atoms with Gasteiger partial charge in [0.15, 0.2) is 5.82 Å². The molecule has 2 aromatic heterocycles. The second-order valence-electron chi connectivity index (χ2n) is 14.5. The first-order valence-corrected chi connectivity index (χ1v) is 18.3. The number of nitrogens with zero attached hydrogens (tertiary/aromatic N) is 5. The summed E-state index contributed by atoms with van der Waals surface area (Å²) in [6.45, 7) is 12.0. The minimum Gasteiger partial charge on any atom is -0.444 e. The second kappa shape index (κ2) is 18.6. The number of methoxy groups -OCH3 is 1. The zero-order valence-corrected chi connectivity index (χ0v) is 33.1. The molecule has 0 aliphatic carbocycles. The van der Waals surface area contributed by atoms with Crippen molar-refractivity contribution in [3.8, 4) is 17.1 Å². The van der Waals surface area contributed by atoms with E-state index >= 15 is 0 Å². The maximum atomic E-state index is 13.0. The van der Waals surface area contributed by atoms with E-state index in [2.05, 4.69) is 31.0 Å². The molecule has 0 spiro atoms. The topological polar surface area (TPSA) is 197 Å². The Labute approximate surface area is 329 Å². The summed E-state index contributed by atoms with van der Waals surface area (Å²) in [5.74, 6) is 0.513. The number of carbonyl (C=O) groups is 3. The number of anilines is 2. The molecule has 5 aromatic rings. The number of nitrogens with one attached hydrogen (secondary N) is 2. The van der Waals surface area contributed by atoms with E-state index in [0.29, 0.717) is 47.7 Å². The fourth-order valence-corrected chi connectivity index (χ4v) is 5.48. The van der Waals surface area contributed by atoms with E-state index in [9.17, 15) is 19.2 Å². The van der Waals surface area contributed by atoms with Crippen LogP contribution in [0.3, 0.4) is 0 Å². The van der Waals surface area contributed by atoms with Gasteiger partial charge >= 0.3 is 17.8 Å². The average molecular weight is 782 g/mol. The van der Waals surface area contributed by atoms with Gasteiger partial charge in [-0.1, -0.05) is 24.3 Å². The predicted octanol–water partition coefficient (Wildman–Crippen LogP) is 7.06. The molecule has 0 unspecified atom stereocenters. The van der Waals surface area contributed by atoms with Gasteiger partial charge in [0.05, 0.1) is 30.8 Å². The maximum Gasteiger partial charge on any atom is 0.415 e. The van der Waals surface area contributed by atoms with Crippen LogP contribution in [0.15, 0.2) is 82.0 Å². The number of benzene rings is 3. The normalized spacial score (nSPS) is 11.6. The van der Waals surface area contributed by atoms with Crippen molar-refractivity contribution >= 4 is 40.4 Å². The highest BCUT2D eigenvalue weighted by Crippen LogP contribution is 2.24. The van der Waals surface area contributed by atoms with Crippen LogP contribution < -0.4 is 21.0 Å². The van der Waals surface area contributed by atoms with Crippen LogP contribution in [0.2, 0.25) is 0 Å². The van der Waals surface area contributed by atoms with E-state index in [0.717, 1.165) is 10.9 Å². The molecular weight excluding hydrogens is 734 g/mol. The molecule has 0 saturated heterocycles. The fraction of sp³-hybridized carbons (Fsp3) is 0.366. The molecule has 0 aliphatic rings. The summed E-state index contributed by atoms with van der Waals surface area (Å²) in [7, 11) is 1.66. The van der Waals surface area contributed by atoms with Crippen molar-refractivity contribution in [3.05, 3.63) is 100 Å². The SMILES string of the molecule is CCN(Cc1nnc(-c2cccc(NC(=O)CC(C)(C)OCCC(C)(C)OC)c2)nn1)C(=O)Oc1ccc(COC(=O)Nc2ccc3c(C)cc(=O)oc3c2)cc1. The van der Waals surface area contributed by atoms with E-state index in [-0.39, 0.29) is 48.5 Å². The standard InChI is InChI=1S/C41H47N7O9/c1-8-48(39(52)56-31-15-12-27(13-16-31)25-54-38(51)43-30-14-17-32-26(2)20-36(50)57-33(32)22-30)24-34-44-46-37(47-45-34)28-10-9-11-29(21-28)42-35(49)23-41(5,6)55-19-18-40(3,4)53-7/h9-17,20-22H,8,18-19,23-25H2,1-7H3,(H,42,49)(H,43,51). The number of aryl methyl sites for hydroxylation is 1. The van der Waals surface area contributed by atoms with Gasteiger partial charge in [0.25, 0.3) is 0 Å². The van der Waals surface area contributed by atoms with Gasteiger partial charge in [-0.3, -0.25) is 10.1 Å². The Morgan fingerprint density at radius 1 is 0.860 bits per heavy atom. The lowest BCUT2D eigenvalue weighted by Crippen LogP contribution is -2.33. The summed E-state index contributed by atoms with van der Waals surface area (Å²) in [6, 6.07) is 19.9. The minimum absolute atomic E-state index is 0.00344. The molecule has 0 atom stereocenters. The van der Waals surface area contributed by atoms with Crippen LogP contribution in [0.25, 0.3) is 22.4 Å². The van der Waals surface area contributed by atoms with Crippen LogP contribution >= 0.6 is 0 Å². The molecule has 57 heavy (non-hydrogen) atoms. The Balaban J connectivity index is 1.08. The maximum absolute atomic E-state index is 13.0. The summed E-state index contributed by atoms with van der Waals surface area (Å²) in [6.07, 6.45) is -0.495. The molecule has 16 heteroatoms. The number of fused-ring (bicyclic) bond motifs is 1. The Morgan fingerprint density at radius 3 is 2.28 bits per heavy atom. The summed E-state index contributed by atoms with van der Waals surface area (Å²) in [4.78, 5) is 51.4. The van der Waals surface area contributed by atoms with Crippen LogP contribution in [0, 0.1) is 6.92 Å². The number of rotatable bonds is 16. The molecule has 2 N–H and O–H groups in total. The molecule has 0 aliphatic heterocycles. The van der Waals surface area contributed by atoms with Crippen molar-refractivity contribution in [2.24, 2.45) is 0 Å². The van der Waals surface area contributed by atoms with Crippen LogP contribution in [0.4, 0.5) is 21.0 Å². The quantitative estimate of drug-likeness (QED) is 0.0967. The molecule has 0 radical (unpaired) electrons. The molecule has 0 saturated carbocycles. The van der Waals surface area contributed by atoms with Gasteiger partial charge in [0.1, 0.15) is 17.9 Å². The van der Waals surface area contributed by atoms with Crippen molar-refractivity contribution < 1.29 is 37.7 Å². The van der Waals surface area contributed by atoms with E-state index in [4.69, 9.17) is 23.4 Å². The lowest BCUT2D eigenvalue weighted by atomic mass is 10.0. The predicted molar refractivity (Wildman–Crippen MR) is 212 cm³/mol. The molecule has 3 aromatic carbocycles. The van der Waals surface area contributed by atoms with E-state index < -0.39 is 23.4 Å². The van der Waals surface area contributed by atoms with E-state index in [1.54, 1.807) is 87.7 Å². The van der Waals surface area contributed by atoms with Gasteiger partial charge in [-0.25, -0.2) is 14.4 Å². The average Bonchev–Trinajstić information content (AvgIpc) is 3.16. The molecular formula is C41H47N7O9. The largest absolute Gasteiger partial charge is 0.444 e. The zero-order valence-electron chi connectivity index (χ0n) is 33.1. The van der Waals surface area contributed by atoms with Gasteiger partial charge in [0, 0.05) is 48.1 Å². The summed E-state index contributed by atoms with van der Waals surface area (Å²) in [5.41, 5.74) is 1.86.